The first-order chi connectivity index (χ1) is 6.73. The van der Waals surface area contributed by atoms with E-state index < -0.39 is 20.5 Å². The molecule has 0 N–H and O–H groups in total. The summed E-state index contributed by atoms with van der Waals surface area (Å²) in [6, 6.07) is 2.50. The van der Waals surface area contributed by atoms with Gasteiger partial charge in [0.2, 0.25) is 0 Å². The van der Waals surface area contributed by atoms with E-state index in [-0.39, 0.29) is 0 Å². The summed E-state index contributed by atoms with van der Waals surface area (Å²) in [4.78, 5) is 2.02. The lowest BCUT2D eigenvalue weighted by atomic mass is 10.1. The second-order valence-corrected chi connectivity index (χ2v) is 7.03. The average molecular weight is 230 g/mol. The summed E-state index contributed by atoms with van der Waals surface area (Å²) >= 11 is 0. The van der Waals surface area contributed by atoms with E-state index in [2.05, 4.69) is 6.07 Å². The van der Waals surface area contributed by atoms with E-state index in [1.807, 2.05) is 25.8 Å². The van der Waals surface area contributed by atoms with Crippen molar-refractivity contribution in [2.45, 2.75) is 31.6 Å². The number of nitriles is 1. The van der Waals surface area contributed by atoms with E-state index in [1.165, 1.54) is 6.26 Å². The van der Waals surface area contributed by atoms with Crippen LogP contribution in [0.2, 0.25) is 0 Å². The molecular weight excluding hydrogens is 212 g/mol. The molecule has 0 radical (unpaired) electrons. The first-order valence-corrected chi connectivity index (χ1v) is 6.99. The average Bonchev–Trinajstić information content (AvgIpc) is 2.79. The third kappa shape index (κ3) is 2.50. The molecule has 1 saturated carbocycles. The molecule has 86 valence electrons. The number of nitrogens with zero attached hydrogens (tertiary/aromatic N) is 2. The Labute approximate surface area is 91.8 Å². The lowest BCUT2D eigenvalue weighted by Crippen LogP contribution is -2.34. The van der Waals surface area contributed by atoms with Gasteiger partial charge in [-0.3, -0.25) is 0 Å². The highest BCUT2D eigenvalue weighted by atomic mass is 32.2. The quantitative estimate of drug-likeness (QED) is 0.711. The number of rotatable bonds is 4. The predicted octanol–water partition coefficient (Wildman–Crippen LogP) is 0.653. The summed E-state index contributed by atoms with van der Waals surface area (Å²) in [6.07, 6.45) is 1.70. The molecule has 4 nitrogen and oxygen atoms in total. The Bertz CT molecular complexity index is 383. The Morgan fingerprint density at radius 3 is 2.40 bits per heavy atom. The first-order valence-electron chi connectivity index (χ1n) is 5.03. The zero-order valence-electron chi connectivity index (χ0n) is 9.69. The third-order valence-electron chi connectivity index (χ3n) is 3.16. The van der Waals surface area contributed by atoms with Crippen molar-refractivity contribution in [2.75, 3.05) is 19.8 Å². The molecule has 0 aromatic rings. The Hall–Kier alpha value is -0.600. The van der Waals surface area contributed by atoms with Gasteiger partial charge in [-0.15, -0.1) is 0 Å². The maximum atomic E-state index is 11.3. The van der Waals surface area contributed by atoms with Crippen LogP contribution in [0.5, 0.6) is 0 Å². The molecule has 0 saturated heterocycles. The van der Waals surface area contributed by atoms with Crippen LogP contribution in [-0.2, 0) is 9.84 Å². The summed E-state index contributed by atoms with van der Waals surface area (Å²) in [7, 11) is -1.15. The zero-order valence-corrected chi connectivity index (χ0v) is 10.5. The molecule has 0 aromatic heterocycles. The van der Waals surface area contributed by atoms with Crippen molar-refractivity contribution < 1.29 is 8.42 Å². The molecule has 2 atom stereocenters. The molecule has 0 heterocycles. The second-order valence-electron chi connectivity index (χ2n) is 4.80. The molecular formula is C10H18N2O2S. The molecule has 0 aliphatic heterocycles. The molecule has 0 amide bonds. The standard InChI is InChI=1S/C10H18N2O2S/c1-8(2)12(3)7-10(6-11)5-9(10)15(4,13)14/h8-9H,5,7H2,1-4H3. The van der Waals surface area contributed by atoms with E-state index >= 15 is 0 Å². The van der Waals surface area contributed by atoms with Crippen LogP contribution in [0.15, 0.2) is 0 Å². The number of hydrogen-bond donors (Lipinski definition) is 0. The SMILES string of the molecule is CC(C)N(C)CC1(C#N)CC1S(C)(=O)=O. The van der Waals surface area contributed by atoms with Crippen molar-refractivity contribution in [3.05, 3.63) is 0 Å². The number of sulfone groups is 1. The molecule has 15 heavy (non-hydrogen) atoms. The minimum Gasteiger partial charge on any atom is -0.302 e. The summed E-state index contributed by atoms with van der Waals surface area (Å²) in [5.74, 6) is 0. The Balaban J connectivity index is 2.74. The Morgan fingerprint density at radius 1 is 1.60 bits per heavy atom. The maximum Gasteiger partial charge on any atom is 0.151 e. The van der Waals surface area contributed by atoms with Crippen molar-refractivity contribution >= 4 is 9.84 Å². The minimum absolute atomic E-state index is 0.330. The fourth-order valence-electron chi connectivity index (χ4n) is 1.78. The number of hydrogen-bond acceptors (Lipinski definition) is 4. The largest absolute Gasteiger partial charge is 0.302 e. The fraction of sp³-hybridized carbons (Fsp3) is 0.900. The van der Waals surface area contributed by atoms with E-state index in [0.717, 1.165) is 0 Å². The van der Waals surface area contributed by atoms with Gasteiger partial charge in [0.1, 0.15) is 0 Å². The summed E-state index contributed by atoms with van der Waals surface area (Å²) in [5.41, 5.74) is -0.660. The van der Waals surface area contributed by atoms with Gasteiger partial charge in [-0.25, -0.2) is 8.42 Å². The van der Waals surface area contributed by atoms with Crippen LogP contribution in [0.3, 0.4) is 0 Å². The van der Waals surface area contributed by atoms with Gasteiger partial charge in [-0.1, -0.05) is 0 Å². The minimum atomic E-state index is -3.07. The third-order valence-corrected chi connectivity index (χ3v) is 4.81. The highest BCUT2D eigenvalue weighted by molar-refractivity contribution is 7.91. The smallest absolute Gasteiger partial charge is 0.151 e. The highest BCUT2D eigenvalue weighted by Gasteiger charge is 2.61. The van der Waals surface area contributed by atoms with Crippen LogP contribution in [0.25, 0.3) is 0 Å². The lowest BCUT2D eigenvalue weighted by molar-refractivity contribution is 0.243. The molecule has 5 heteroatoms. The predicted molar refractivity (Wildman–Crippen MR) is 59.1 cm³/mol. The van der Waals surface area contributed by atoms with E-state index in [9.17, 15) is 8.42 Å². The zero-order chi connectivity index (χ0) is 11.9. The van der Waals surface area contributed by atoms with Crippen LogP contribution in [0.4, 0.5) is 0 Å². The molecule has 0 spiro atoms. The highest BCUT2D eigenvalue weighted by Crippen LogP contribution is 2.50. The molecule has 0 aromatic carbocycles. The molecule has 1 rings (SSSR count). The molecule has 2 unspecified atom stereocenters. The van der Waals surface area contributed by atoms with Crippen molar-refractivity contribution in [2.24, 2.45) is 5.41 Å². The topological polar surface area (TPSA) is 61.2 Å². The van der Waals surface area contributed by atoms with Crippen LogP contribution >= 0.6 is 0 Å². The molecule has 1 aliphatic rings. The molecule has 1 aliphatic carbocycles. The van der Waals surface area contributed by atoms with Gasteiger partial charge in [0.15, 0.2) is 9.84 Å². The van der Waals surface area contributed by atoms with Gasteiger partial charge in [0.05, 0.1) is 16.7 Å². The summed E-state index contributed by atoms with van der Waals surface area (Å²) in [5, 5.41) is 8.62. The van der Waals surface area contributed by atoms with Crippen molar-refractivity contribution in [3.8, 4) is 6.07 Å². The molecule has 0 bridgehead atoms. The van der Waals surface area contributed by atoms with Crippen molar-refractivity contribution in [1.82, 2.24) is 4.90 Å². The summed E-state index contributed by atoms with van der Waals surface area (Å²) in [6.45, 7) is 4.60. The second kappa shape index (κ2) is 3.76. The Kier molecular flexibility index (Phi) is 3.13. The fourth-order valence-corrected chi connectivity index (χ4v) is 3.33. The molecule has 1 fully saturated rings. The van der Waals surface area contributed by atoms with Gasteiger partial charge in [0.25, 0.3) is 0 Å². The van der Waals surface area contributed by atoms with E-state index in [1.54, 1.807) is 0 Å². The lowest BCUT2D eigenvalue weighted by Gasteiger charge is -2.23. The maximum absolute atomic E-state index is 11.3. The monoisotopic (exact) mass is 230 g/mol. The summed E-state index contributed by atoms with van der Waals surface area (Å²) < 4.78 is 22.7. The van der Waals surface area contributed by atoms with Crippen LogP contribution < -0.4 is 0 Å². The normalized spacial score (nSPS) is 30.6. The van der Waals surface area contributed by atoms with Crippen molar-refractivity contribution in [1.29, 1.82) is 5.26 Å². The van der Waals surface area contributed by atoms with Gasteiger partial charge in [-0.05, 0) is 27.3 Å². The first kappa shape index (κ1) is 12.5. The van der Waals surface area contributed by atoms with E-state index in [0.29, 0.717) is 19.0 Å². The van der Waals surface area contributed by atoms with Crippen LogP contribution in [0, 0.1) is 16.7 Å². The Morgan fingerprint density at radius 2 is 2.13 bits per heavy atom. The van der Waals surface area contributed by atoms with Gasteiger partial charge in [-0.2, -0.15) is 5.26 Å². The van der Waals surface area contributed by atoms with Gasteiger partial charge >= 0.3 is 0 Å². The van der Waals surface area contributed by atoms with Gasteiger partial charge in [0, 0.05) is 18.8 Å². The van der Waals surface area contributed by atoms with Crippen LogP contribution in [-0.4, -0.2) is 44.5 Å². The van der Waals surface area contributed by atoms with Crippen LogP contribution in [0.1, 0.15) is 20.3 Å². The van der Waals surface area contributed by atoms with Gasteiger partial charge < -0.3 is 4.90 Å². The van der Waals surface area contributed by atoms with Crippen molar-refractivity contribution in [3.63, 3.8) is 0 Å². The van der Waals surface area contributed by atoms with E-state index in [4.69, 9.17) is 5.26 Å².